The van der Waals surface area contributed by atoms with E-state index in [2.05, 4.69) is 50.0 Å². The number of ether oxygens (including phenoxy) is 1. The normalized spacial score (nSPS) is 40.1. The summed E-state index contributed by atoms with van der Waals surface area (Å²) in [5.41, 5.74) is 0.668. The third-order valence-electron chi connectivity index (χ3n) is 8.65. The zero-order valence-electron chi connectivity index (χ0n) is 21.3. The lowest BCUT2D eigenvalue weighted by atomic mass is 9.49. The molecule has 1 unspecified atom stereocenters. The highest BCUT2D eigenvalue weighted by atomic mass is 16.5. The van der Waals surface area contributed by atoms with Crippen LogP contribution in [0.5, 0.6) is 0 Å². The molecule has 1 heterocycles. The van der Waals surface area contributed by atoms with E-state index in [-0.39, 0.29) is 29.7 Å². The molecule has 0 aromatic heterocycles. The number of carbonyl (C=O) groups is 2. The molecular formula is C30H39NO4. The Hall–Kier alpha value is -2.66. The van der Waals surface area contributed by atoms with Crippen molar-refractivity contribution in [3.8, 4) is 0 Å². The van der Waals surface area contributed by atoms with Crippen molar-refractivity contribution in [2.75, 3.05) is 7.11 Å². The molecule has 9 atom stereocenters. The number of esters is 1. The highest BCUT2D eigenvalue weighted by molar-refractivity contribution is 5.93. The summed E-state index contributed by atoms with van der Waals surface area (Å²) in [6.45, 7) is 10.6. The number of methoxy groups -OCH3 is 1. The summed E-state index contributed by atoms with van der Waals surface area (Å²) in [5, 5.41) is 14.8. The second-order valence-electron chi connectivity index (χ2n) is 10.9. The number of rotatable bonds is 3. The molecule has 3 aliphatic rings. The van der Waals surface area contributed by atoms with Crippen LogP contribution in [0, 0.1) is 40.9 Å². The Morgan fingerprint density at radius 1 is 1.17 bits per heavy atom. The van der Waals surface area contributed by atoms with Crippen LogP contribution in [-0.2, 0) is 20.7 Å². The molecular weight excluding hydrogens is 438 g/mol. The zero-order valence-corrected chi connectivity index (χ0v) is 21.3. The number of hydrogen-bond donors (Lipinski definition) is 2. The number of hydrogen-bond acceptors (Lipinski definition) is 4. The number of benzene rings is 1. The maximum Gasteiger partial charge on any atom is 0.313 e. The lowest BCUT2D eigenvalue weighted by Crippen LogP contribution is -2.59. The minimum absolute atomic E-state index is 0.163. The predicted octanol–water partition coefficient (Wildman–Crippen LogP) is 4.48. The summed E-state index contributed by atoms with van der Waals surface area (Å²) >= 11 is 0. The van der Waals surface area contributed by atoms with Crippen molar-refractivity contribution in [1.29, 1.82) is 0 Å². The Balaban J connectivity index is 1.92. The van der Waals surface area contributed by atoms with E-state index in [9.17, 15) is 14.7 Å². The van der Waals surface area contributed by atoms with Gasteiger partial charge in [0.05, 0.1) is 24.5 Å². The highest BCUT2D eigenvalue weighted by Gasteiger charge is 2.69. The van der Waals surface area contributed by atoms with Crippen LogP contribution in [0.15, 0.2) is 66.8 Å². The average molecular weight is 478 g/mol. The summed E-state index contributed by atoms with van der Waals surface area (Å²) in [5.74, 6) is -1.71. The van der Waals surface area contributed by atoms with Crippen LogP contribution in [0.3, 0.4) is 0 Å². The van der Waals surface area contributed by atoms with Crippen LogP contribution < -0.4 is 5.32 Å². The molecule has 1 spiro atoms. The van der Waals surface area contributed by atoms with Gasteiger partial charge in [0.2, 0.25) is 5.91 Å². The smallest absolute Gasteiger partial charge is 0.313 e. The van der Waals surface area contributed by atoms with E-state index in [1.165, 1.54) is 7.11 Å². The second-order valence-corrected chi connectivity index (χ2v) is 10.9. The van der Waals surface area contributed by atoms with Crippen LogP contribution in [-0.4, -0.2) is 36.2 Å². The van der Waals surface area contributed by atoms with E-state index >= 15 is 0 Å². The summed E-state index contributed by atoms with van der Waals surface area (Å²) in [4.78, 5) is 27.6. The van der Waals surface area contributed by atoms with Gasteiger partial charge in [-0.1, -0.05) is 82.0 Å². The molecule has 1 aromatic carbocycles. The van der Waals surface area contributed by atoms with Crippen molar-refractivity contribution in [2.24, 2.45) is 40.9 Å². The molecule has 4 rings (SSSR count). The van der Waals surface area contributed by atoms with Gasteiger partial charge in [0.1, 0.15) is 0 Å². The lowest BCUT2D eigenvalue weighted by molar-refractivity contribution is -0.161. The monoisotopic (exact) mass is 477 g/mol. The molecule has 0 bridgehead atoms. The summed E-state index contributed by atoms with van der Waals surface area (Å²) in [6.07, 6.45) is 9.57. The van der Waals surface area contributed by atoms with Gasteiger partial charge in [-0.05, 0) is 48.2 Å². The maximum absolute atomic E-state index is 14.2. The van der Waals surface area contributed by atoms with Gasteiger partial charge in [0, 0.05) is 17.9 Å². The third-order valence-corrected chi connectivity index (χ3v) is 8.65. The quantitative estimate of drug-likeness (QED) is 0.497. The third kappa shape index (κ3) is 4.40. The van der Waals surface area contributed by atoms with Crippen LogP contribution in [0.25, 0.3) is 0 Å². The van der Waals surface area contributed by atoms with Crippen LogP contribution in [0.2, 0.25) is 0 Å². The van der Waals surface area contributed by atoms with E-state index in [4.69, 9.17) is 4.74 Å². The molecule has 0 radical (unpaired) electrons. The fraction of sp³-hybridized carbons (Fsp3) is 0.533. The first-order chi connectivity index (χ1) is 16.7. The number of carbonyl (C=O) groups excluding carboxylic acids is 2. The highest BCUT2D eigenvalue weighted by Crippen LogP contribution is 2.60. The van der Waals surface area contributed by atoms with Crippen molar-refractivity contribution < 1.29 is 19.4 Å². The molecule has 35 heavy (non-hydrogen) atoms. The zero-order chi connectivity index (χ0) is 25.3. The van der Waals surface area contributed by atoms with Gasteiger partial charge in [0.15, 0.2) is 0 Å². The Labute approximate surface area is 209 Å². The van der Waals surface area contributed by atoms with Gasteiger partial charge in [-0.3, -0.25) is 9.59 Å². The van der Waals surface area contributed by atoms with Crippen LogP contribution in [0.4, 0.5) is 0 Å². The Kier molecular flexibility index (Phi) is 7.37. The fourth-order valence-corrected chi connectivity index (χ4v) is 6.99. The largest absolute Gasteiger partial charge is 0.469 e. The molecule has 2 aliphatic carbocycles. The van der Waals surface area contributed by atoms with Gasteiger partial charge in [-0.15, -0.1) is 0 Å². The molecule has 1 aromatic rings. The SMILES string of the molecule is C=C1[C@@H](C)[C@H]2[C@H](Cc3ccccc3)NC(=O)[C@]23[C@H](C(=O)OC)C=C[C@@H](C)CC(C)C/C=C/[C@H]3[C@@H]1O. The molecule has 2 fully saturated rings. The molecule has 5 nitrogen and oxygen atoms in total. The van der Waals surface area contributed by atoms with Crippen LogP contribution >= 0.6 is 0 Å². The second kappa shape index (κ2) is 10.1. The van der Waals surface area contributed by atoms with E-state index in [0.717, 1.165) is 24.0 Å². The van der Waals surface area contributed by atoms with Crippen molar-refractivity contribution >= 4 is 11.9 Å². The first-order valence-electron chi connectivity index (χ1n) is 12.9. The Bertz CT molecular complexity index is 1010. The number of amides is 1. The van der Waals surface area contributed by atoms with Crippen molar-refractivity contribution in [3.05, 3.63) is 72.4 Å². The predicted molar refractivity (Wildman–Crippen MR) is 137 cm³/mol. The number of allylic oxidation sites excluding steroid dienone is 2. The topological polar surface area (TPSA) is 75.6 Å². The van der Waals surface area contributed by atoms with E-state index < -0.39 is 29.3 Å². The fourth-order valence-electron chi connectivity index (χ4n) is 6.99. The molecule has 5 heteroatoms. The van der Waals surface area contributed by atoms with Gasteiger partial charge < -0.3 is 15.2 Å². The minimum atomic E-state index is -1.17. The van der Waals surface area contributed by atoms with Crippen LogP contribution in [0.1, 0.15) is 39.2 Å². The van der Waals surface area contributed by atoms with E-state index in [1.807, 2.05) is 37.3 Å². The molecule has 1 saturated heterocycles. The summed E-state index contributed by atoms with van der Waals surface area (Å²) < 4.78 is 5.30. The van der Waals surface area contributed by atoms with E-state index in [1.54, 1.807) is 0 Å². The average Bonchev–Trinajstić information content (AvgIpc) is 3.10. The standard InChI is InChI=1S/C30H39NO4/c1-18-10-9-13-23-27(32)21(4)20(3)26-25(17-22-11-7-6-8-12-22)31-29(34)30(23,26)24(28(33)35-5)15-14-19(2)16-18/h6-9,11-15,18-20,23-27,32H,4,10,16-17H2,1-3,5H3,(H,31,34)/b13-9+,15-14?/t18?,19-,20-,23+,24+,25+,26+,27-,30-/m1/s1. The number of aliphatic hydroxyl groups excluding tert-OH is 1. The first-order valence-corrected chi connectivity index (χ1v) is 12.9. The summed E-state index contributed by atoms with van der Waals surface area (Å²) in [7, 11) is 1.37. The van der Waals surface area contributed by atoms with Gasteiger partial charge in [-0.2, -0.15) is 0 Å². The van der Waals surface area contributed by atoms with Crippen molar-refractivity contribution in [3.63, 3.8) is 0 Å². The Morgan fingerprint density at radius 2 is 1.89 bits per heavy atom. The molecule has 188 valence electrons. The number of nitrogens with one attached hydrogen (secondary N) is 1. The first kappa shape index (κ1) is 25.4. The number of aliphatic hydroxyl groups is 1. The molecule has 2 N–H and O–H groups in total. The minimum Gasteiger partial charge on any atom is -0.469 e. The van der Waals surface area contributed by atoms with Gasteiger partial charge in [0.25, 0.3) is 0 Å². The Morgan fingerprint density at radius 3 is 2.57 bits per heavy atom. The van der Waals surface area contributed by atoms with Gasteiger partial charge >= 0.3 is 5.97 Å². The molecule has 1 aliphatic heterocycles. The maximum atomic E-state index is 14.2. The molecule has 1 amide bonds. The van der Waals surface area contributed by atoms with Gasteiger partial charge in [-0.25, -0.2) is 0 Å². The lowest BCUT2D eigenvalue weighted by Gasteiger charge is -2.52. The van der Waals surface area contributed by atoms with E-state index in [0.29, 0.717) is 12.3 Å². The van der Waals surface area contributed by atoms with Crippen molar-refractivity contribution in [1.82, 2.24) is 5.32 Å². The summed E-state index contributed by atoms with van der Waals surface area (Å²) in [6, 6.07) is 9.90. The molecule has 1 saturated carbocycles. The van der Waals surface area contributed by atoms with Crippen molar-refractivity contribution in [2.45, 2.75) is 52.2 Å².